The number of carbonyl (C=O) groups is 1. The number of piperazine rings is 1. The minimum atomic E-state index is 0.0567. The van der Waals surface area contributed by atoms with Gasteiger partial charge in [-0.15, -0.1) is 0 Å². The first-order chi connectivity index (χ1) is 13.7. The fraction of sp³-hybridized carbons (Fsp3) is 0.318. The predicted octanol–water partition coefficient (Wildman–Crippen LogP) is 3.16. The summed E-state index contributed by atoms with van der Waals surface area (Å²) in [6.45, 7) is 6.46. The fourth-order valence-corrected chi connectivity index (χ4v) is 4.08. The van der Waals surface area contributed by atoms with Gasteiger partial charge in [-0.3, -0.25) is 9.69 Å². The molecule has 6 heteroatoms. The minimum Gasteiger partial charge on any atom is -0.454 e. The number of carbonyl (C=O) groups excluding carboxylic acids is 1. The van der Waals surface area contributed by atoms with Crippen LogP contribution in [0.2, 0.25) is 0 Å². The molecule has 0 radical (unpaired) electrons. The highest BCUT2D eigenvalue weighted by Crippen LogP contribution is 2.33. The lowest BCUT2D eigenvalue weighted by molar-refractivity contribution is 0.0628. The molecule has 2 aliphatic rings. The molecule has 2 aliphatic heterocycles. The molecule has 1 amide bonds. The Labute approximate surface area is 163 Å². The molecule has 0 aliphatic carbocycles. The van der Waals surface area contributed by atoms with Crippen LogP contribution in [0.25, 0.3) is 10.9 Å². The van der Waals surface area contributed by atoms with Gasteiger partial charge >= 0.3 is 0 Å². The first-order valence-electron chi connectivity index (χ1n) is 9.66. The Kier molecular flexibility index (Phi) is 4.20. The van der Waals surface area contributed by atoms with E-state index < -0.39 is 0 Å². The van der Waals surface area contributed by atoms with Gasteiger partial charge in [0.15, 0.2) is 11.5 Å². The van der Waals surface area contributed by atoms with E-state index in [1.165, 1.54) is 22.2 Å². The molecular weight excluding hydrogens is 354 g/mol. The molecular formula is C22H23N3O3. The first kappa shape index (κ1) is 17.1. The van der Waals surface area contributed by atoms with Crippen LogP contribution >= 0.6 is 0 Å². The van der Waals surface area contributed by atoms with Crippen LogP contribution in [-0.4, -0.2) is 53.7 Å². The number of rotatable bonds is 3. The van der Waals surface area contributed by atoms with Gasteiger partial charge < -0.3 is 19.4 Å². The van der Waals surface area contributed by atoms with Crippen molar-refractivity contribution in [2.45, 2.75) is 13.5 Å². The number of H-pyrrole nitrogens is 1. The number of aromatic nitrogens is 1. The number of aromatic amines is 1. The van der Waals surface area contributed by atoms with Gasteiger partial charge in [0.1, 0.15) is 0 Å². The van der Waals surface area contributed by atoms with Gasteiger partial charge in [0.25, 0.3) is 5.91 Å². The number of nitrogens with zero attached hydrogens (tertiary/aromatic N) is 2. The summed E-state index contributed by atoms with van der Waals surface area (Å²) >= 11 is 0. The summed E-state index contributed by atoms with van der Waals surface area (Å²) in [6.07, 6.45) is 0. The van der Waals surface area contributed by atoms with E-state index in [4.69, 9.17) is 9.47 Å². The molecule has 3 aromatic rings. The molecule has 28 heavy (non-hydrogen) atoms. The summed E-state index contributed by atoms with van der Waals surface area (Å²) in [4.78, 5) is 20.7. The Morgan fingerprint density at radius 2 is 1.82 bits per heavy atom. The average molecular weight is 377 g/mol. The Morgan fingerprint density at radius 3 is 2.68 bits per heavy atom. The Balaban J connectivity index is 1.25. The highest BCUT2D eigenvalue weighted by atomic mass is 16.7. The lowest BCUT2D eigenvalue weighted by Gasteiger charge is -2.35. The zero-order chi connectivity index (χ0) is 19.1. The number of hydrogen-bond donors (Lipinski definition) is 1. The molecule has 3 heterocycles. The van der Waals surface area contributed by atoms with Crippen molar-refractivity contribution in [1.82, 2.24) is 14.8 Å². The minimum absolute atomic E-state index is 0.0567. The summed E-state index contributed by atoms with van der Waals surface area (Å²) in [5, 5.41) is 1.29. The molecule has 5 rings (SSSR count). The van der Waals surface area contributed by atoms with Crippen LogP contribution in [0, 0.1) is 6.92 Å². The molecule has 0 bridgehead atoms. The van der Waals surface area contributed by atoms with Crippen LogP contribution < -0.4 is 9.47 Å². The van der Waals surface area contributed by atoms with Crippen molar-refractivity contribution >= 4 is 16.8 Å². The molecule has 1 N–H and O–H groups in total. The number of aryl methyl sites for hydroxylation is 1. The fourth-order valence-electron chi connectivity index (χ4n) is 4.08. The van der Waals surface area contributed by atoms with E-state index in [-0.39, 0.29) is 12.7 Å². The van der Waals surface area contributed by atoms with Crippen molar-refractivity contribution in [3.63, 3.8) is 0 Å². The summed E-state index contributed by atoms with van der Waals surface area (Å²) in [7, 11) is 0. The van der Waals surface area contributed by atoms with Crippen LogP contribution in [0.3, 0.4) is 0 Å². The maximum absolute atomic E-state index is 12.9. The Bertz CT molecular complexity index is 1030. The largest absolute Gasteiger partial charge is 0.454 e. The second-order valence-corrected chi connectivity index (χ2v) is 7.41. The molecule has 0 saturated carbocycles. The average Bonchev–Trinajstić information content (AvgIpc) is 3.32. The molecule has 1 fully saturated rings. The SMILES string of the molecule is Cc1[nH]c2ccccc2c1CN1CCN(C(=O)c2ccc3c(c2)OCO3)CC1. The number of nitrogens with one attached hydrogen (secondary N) is 1. The summed E-state index contributed by atoms with van der Waals surface area (Å²) < 4.78 is 10.7. The van der Waals surface area contributed by atoms with Crippen LogP contribution in [0.1, 0.15) is 21.6 Å². The third-order valence-electron chi connectivity index (χ3n) is 5.69. The van der Waals surface area contributed by atoms with E-state index in [9.17, 15) is 4.79 Å². The molecule has 144 valence electrons. The predicted molar refractivity (Wildman–Crippen MR) is 107 cm³/mol. The third-order valence-corrected chi connectivity index (χ3v) is 5.69. The molecule has 1 aromatic heterocycles. The van der Waals surface area contributed by atoms with Crippen LogP contribution in [0.4, 0.5) is 0 Å². The van der Waals surface area contributed by atoms with Gasteiger partial charge in [-0.05, 0) is 36.8 Å². The standard InChI is InChI=1S/C22H23N3O3/c1-15-18(17-4-2-3-5-19(17)23-15)13-24-8-10-25(11-9-24)22(26)16-6-7-20-21(12-16)28-14-27-20/h2-7,12,23H,8-11,13-14H2,1H3. The second-order valence-electron chi connectivity index (χ2n) is 7.41. The van der Waals surface area contributed by atoms with Crippen molar-refractivity contribution in [3.05, 3.63) is 59.3 Å². The summed E-state index contributed by atoms with van der Waals surface area (Å²) in [6, 6.07) is 13.8. The van der Waals surface area contributed by atoms with E-state index in [1.54, 1.807) is 6.07 Å². The lowest BCUT2D eigenvalue weighted by atomic mass is 10.1. The Hall–Kier alpha value is -2.99. The highest BCUT2D eigenvalue weighted by molar-refractivity contribution is 5.95. The van der Waals surface area contributed by atoms with Gasteiger partial charge in [-0.1, -0.05) is 18.2 Å². The number of benzene rings is 2. The van der Waals surface area contributed by atoms with E-state index in [0.717, 1.165) is 32.7 Å². The smallest absolute Gasteiger partial charge is 0.254 e. The van der Waals surface area contributed by atoms with Crippen molar-refractivity contribution in [2.24, 2.45) is 0 Å². The van der Waals surface area contributed by atoms with Gasteiger partial charge in [0.05, 0.1) is 0 Å². The van der Waals surface area contributed by atoms with Gasteiger partial charge in [-0.25, -0.2) is 0 Å². The Morgan fingerprint density at radius 1 is 1.04 bits per heavy atom. The van der Waals surface area contributed by atoms with Crippen molar-refractivity contribution in [2.75, 3.05) is 33.0 Å². The summed E-state index contributed by atoms with van der Waals surface area (Å²) in [5.41, 5.74) is 4.42. The lowest BCUT2D eigenvalue weighted by Crippen LogP contribution is -2.48. The maximum atomic E-state index is 12.9. The van der Waals surface area contributed by atoms with Gasteiger partial charge in [0, 0.05) is 54.9 Å². The van der Waals surface area contributed by atoms with Crippen LogP contribution in [0.5, 0.6) is 11.5 Å². The van der Waals surface area contributed by atoms with Crippen LogP contribution in [-0.2, 0) is 6.54 Å². The number of amides is 1. The van der Waals surface area contributed by atoms with Crippen molar-refractivity contribution in [3.8, 4) is 11.5 Å². The normalized spacial score (nSPS) is 16.7. The van der Waals surface area contributed by atoms with E-state index in [1.807, 2.05) is 17.0 Å². The molecule has 0 spiro atoms. The number of hydrogen-bond acceptors (Lipinski definition) is 4. The highest BCUT2D eigenvalue weighted by Gasteiger charge is 2.25. The monoisotopic (exact) mass is 377 g/mol. The first-order valence-corrected chi connectivity index (χ1v) is 9.66. The summed E-state index contributed by atoms with van der Waals surface area (Å²) in [5.74, 6) is 1.41. The zero-order valence-electron chi connectivity index (χ0n) is 15.9. The van der Waals surface area contributed by atoms with Crippen LogP contribution in [0.15, 0.2) is 42.5 Å². The molecule has 1 saturated heterocycles. The van der Waals surface area contributed by atoms with Gasteiger partial charge in [0.2, 0.25) is 6.79 Å². The molecule has 2 aromatic carbocycles. The maximum Gasteiger partial charge on any atom is 0.254 e. The number of para-hydroxylation sites is 1. The van der Waals surface area contributed by atoms with Crippen molar-refractivity contribution in [1.29, 1.82) is 0 Å². The molecule has 0 unspecified atom stereocenters. The topological polar surface area (TPSA) is 57.8 Å². The van der Waals surface area contributed by atoms with Crippen molar-refractivity contribution < 1.29 is 14.3 Å². The number of fused-ring (bicyclic) bond motifs is 2. The van der Waals surface area contributed by atoms with E-state index >= 15 is 0 Å². The molecule has 0 atom stereocenters. The van der Waals surface area contributed by atoms with E-state index in [2.05, 4.69) is 41.1 Å². The zero-order valence-corrected chi connectivity index (χ0v) is 15.9. The molecule has 6 nitrogen and oxygen atoms in total. The quantitative estimate of drug-likeness (QED) is 0.762. The number of ether oxygens (including phenoxy) is 2. The third kappa shape index (κ3) is 2.99. The van der Waals surface area contributed by atoms with Gasteiger partial charge in [-0.2, -0.15) is 0 Å². The van der Waals surface area contributed by atoms with E-state index in [0.29, 0.717) is 17.1 Å². The second kappa shape index (κ2) is 6.87.